The van der Waals surface area contributed by atoms with Gasteiger partial charge in [0.05, 0.1) is 11.4 Å². The third-order valence-electron chi connectivity index (χ3n) is 2.81. The summed E-state index contributed by atoms with van der Waals surface area (Å²) in [7, 11) is 0. The molecule has 0 fully saturated rings. The fourth-order valence-corrected chi connectivity index (χ4v) is 2.03. The lowest BCUT2D eigenvalue weighted by Crippen LogP contribution is -2.06. The second kappa shape index (κ2) is 5.44. The van der Waals surface area contributed by atoms with E-state index >= 15 is 0 Å². The minimum Gasteiger partial charge on any atom is -0.487 e. The molecular weight excluding hydrogens is 248 g/mol. The third kappa shape index (κ3) is 2.85. The monoisotopic (exact) mass is 264 g/mol. The standard InChI is InChI=1S/C14H17ClN2O/c1-4-17-13(7-11(3)16-17)9-18-14-8-12(15)6-5-10(14)2/h5-8H,4,9H2,1-3H3. The van der Waals surface area contributed by atoms with Crippen molar-refractivity contribution >= 4 is 11.6 Å². The van der Waals surface area contributed by atoms with Crippen LogP contribution in [0, 0.1) is 13.8 Å². The first-order valence-corrected chi connectivity index (χ1v) is 6.40. The Bertz CT molecular complexity index is 549. The molecule has 0 atom stereocenters. The highest BCUT2D eigenvalue weighted by atomic mass is 35.5. The maximum atomic E-state index is 5.96. The van der Waals surface area contributed by atoms with Gasteiger partial charge in [-0.3, -0.25) is 4.68 Å². The van der Waals surface area contributed by atoms with E-state index in [0.717, 1.165) is 29.2 Å². The molecule has 1 aromatic carbocycles. The van der Waals surface area contributed by atoms with Gasteiger partial charge in [-0.1, -0.05) is 17.7 Å². The van der Waals surface area contributed by atoms with Gasteiger partial charge in [-0.05, 0) is 44.5 Å². The Labute approximate surface area is 112 Å². The predicted octanol–water partition coefficient (Wildman–Crippen LogP) is 3.75. The molecule has 2 aromatic rings. The number of aryl methyl sites for hydroxylation is 3. The van der Waals surface area contributed by atoms with Crippen LogP contribution in [0.15, 0.2) is 24.3 Å². The Morgan fingerprint density at radius 2 is 2.06 bits per heavy atom. The highest BCUT2D eigenvalue weighted by Gasteiger charge is 2.06. The Kier molecular flexibility index (Phi) is 3.92. The molecule has 1 aromatic heterocycles. The van der Waals surface area contributed by atoms with Gasteiger partial charge < -0.3 is 4.74 Å². The first-order valence-electron chi connectivity index (χ1n) is 6.02. The Morgan fingerprint density at radius 3 is 2.78 bits per heavy atom. The van der Waals surface area contributed by atoms with Crippen LogP contribution in [0.3, 0.4) is 0 Å². The number of rotatable bonds is 4. The second-order valence-electron chi connectivity index (χ2n) is 4.29. The van der Waals surface area contributed by atoms with Crippen LogP contribution in [0.2, 0.25) is 5.02 Å². The van der Waals surface area contributed by atoms with E-state index in [2.05, 4.69) is 12.0 Å². The largest absolute Gasteiger partial charge is 0.487 e. The van der Waals surface area contributed by atoms with Crippen LogP contribution in [-0.2, 0) is 13.2 Å². The van der Waals surface area contributed by atoms with Crippen LogP contribution >= 0.6 is 11.6 Å². The van der Waals surface area contributed by atoms with E-state index in [-0.39, 0.29) is 0 Å². The number of nitrogens with zero attached hydrogens (tertiary/aromatic N) is 2. The van der Waals surface area contributed by atoms with E-state index in [1.54, 1.807) is 0 Å². The van der Waals surface area contributed by atoms with E-state index < -0.39 is 0 Å². The molecular formula is C14H17ClN2O. The molecule has 0 aliphatic carbocycles. The maximum absolute atomic E-state index is 5.96. The van der Waals surface area contributed by atoms with Gasteiger partial charge in [0.15, 0.2) is 0 Å². The first-order chi connectivity index (χ1) is 8.60. The van der Waals surface area contributed by atoms with Gasteiger partial charge in [0.25, 0.3) is 0 Å². The van der Waals surface area contributed by atoms with E-state index in [0.29, 0.717) is 11.6 Å². The van der Waals surface area contributed by atoms with E-state index in [4.69, 9.17) is 16.3 Å². The van der Waals surface area contributed by atoms with Gasteiger partial charge in [-0.25, -0.2) is 0 Å². The lowest BCUT2D eigenvalue weighted by atomic mass is 10.2. The van der Waals surface area contributed by atoms with Crippen LogP contribution in [-0.4, -0.2) is 9.78 Å². The van der Waals surface area contributed by atoms with Crippen molar-refractivity contribution in [3.63, 3.8) is 0 Å². The molecule has 0 bridgehead atoms. The molecule has 0 aliphatic heterocycles. The first kappa shape index (κ1) is 13.0. The fourth-order valence-electron chi connectivity index (χ4n) is 1.87. The van der Waals surface area contributed by atoms with Gasteiger partial charge in [0.2, 0.25) is 0 Å². The molecule has 0 N–H and O–H groups in total. The Morgan fingerprint density at radius 1 is 1.28 bits per heavy atom. The second-order valence-corrected chi connectivity index (χ2v) is 4.73. The highest BCUT2D eigenvalue weighted by molar-refractivity contribution is 6.30. The molecule has 0 saturated heterocycles. The zero-order valence-corrected chi connectivity index (χ0v) is 11.7. The summed E-state index contributed by atoms with van der Waals surface area (Å²) in [5.74, 6) is 0.823. The summed E-state index contributed by atoms with van der Waals surface area (Å²) < 4.78 is 7.77. The lowest BCUT2D eigenvalue weighted by Gasteiger charge is -2.10. The topological polar surface area (TPSA) is 27.1 Å². The average molecular weight is 265 g/mol. The third-order valence-corrected chi connectivity index (χ3v) is 3.05. The number of aromatic nitrogens is 2. The van der Waals surface area contributed by atoms with Gasteiger partial charge in [-0.15, -0.1) is 0 Å². The minimum absolute atomic E-state index is 0.510. The normalized spacial score (nSPS) is 10.7. The van der Waals surface area contributed by atoms with Crippen molar-refractivity contribution in [3.05, 3.63) is 46.2 Å². The van der Waals surface area contributed by atoms with Crippen molar-refractivity contribution < 1.29 is 4.74 Å². The van der Waals surface area contributed by atoms with Gasteiger partial charge in [-0.2, -0.15) is 5.10 Å². The molecule has 0 amide bonds. The average Bonchev–Trinajstić information content (AvgIpc) is 2.71. The number of hydrogen-bond acceptors (Lipinski definition) is 2. The van der Waals surface area contributed by atoms with Gasteiger partial charge in [0, 0.05) is 11.6 Å². The summed E-state index contributed by atoms with van der Waals surface area (Å²) in [5.41, 5.74) is 3.17. The van der Waals surface area contributed by atoms with Crippen molar-refractivity contribution in [1.29, 1.82) is 0 Å². The van der Waals surface area contributed by atoms with Crippen molar-refractivity contribution in [1.82, 2.24) is 9.78 Å². The number of benzene rings is 1. The van der Waals surface area contributed by atoms with Gasteiger partial charge in [0.1, 0.15) is 12.4 Å². The number of ether oxygens (including phenoxy) is 1. The van der Waals surface area contributed by atoms with Gasteiger partial charge >= 0.3 is 0 Å². The van der Waals surface area contributed by atoms with Crippen molar-refractivity contribution in [2.75, 3.05) is 0 Å². The maximum Gasteiger partial charge on any atom is 0.130 e. The zero-order valence-electron chi connectivity index (χ0n) is 10.9. The summed E-state index contributed by atoms with van der Waals surface area (Å²) in [4.78, 5) is 0. The molecule has 3 nitrogen and oxygen atoms in total. The molecule has 0 unspecified atom stereocenters. The SMILES string of the molecule is CCn1nc(C)cc1COc1cc(Cl)ccc1C. The molecule has 0 aliphatic rings. The highest BCUT2D eigenvalue weighted by Crippen LogP contribution is 2.23. The Hall–Kier alpha value is -1.48. The van der Waals surface area contributed by atoms with Crippen LogP contribution in [0.4, 0.5) is 0 Å². The van der Waals surface area contributed by atoms with Crippen LogP contribution in [0.25, 0.3) is 0 Å². The lowest BCUT2D eigenvalue weighted by molar-refractivity contribution is 0.290. The molecule has 18 heavy (non-hydrogen) atoms. The van der Waals surface area contributed by atoms with Crippen LogP contribution in [0.1, 0.15) is 23.9 Å². The predicted molar refractivity (Wildman–Crippen MR) is 73.2 cm³/mol. The molecule has 0 spiro atoms. The molecule has 4 heteroatoms. The minimum atomic E-state index is 0.510. The smallest absolute Gasteiger partial charge is 0.130 e. The van der Waals surface area contributed by atoms with Crippen LogP contribution in [0.5, 0.6) is 5.75 Å². The molecule has 1 heterocycles. The van der Waals surface area contributed by atoms with Crippen molar-refractivity contribution in [3.8, 4) is 5.75 Å². The summed E-state index contributed by atoms with van der Waals surface area (Å²) in [6.45, 7) is 7.42. The summed E-state index contributed by atoms with van der Waals surface area (Å²) >= 11 is 5.96. The summed E-state index contributed by atoms with van der Waals surface area (Å²) in [6, 6.07) is 7.71. The summed E-state index contributed by atoms with van der Waals surface area (Å²) in [5, 5.41) is 5.08. The molecule has 0 saturated carbocycles. The van der Waals surface area contributed by atoms with E-state index in [1.165, 1.54) is 0 Å². The summed E-state index contributed by atoms with van der Waals surface area (Å²) in [6.07, 6.45) is 0. The molecule has 0 radical (unpaired) electrons. The zero-order chi connectivity index (χ0) is 13.1. The van der Waals surface area contributed by atoms with Crippen molar-refractivity contribution in [2.45, 2.75) is 33.9 Å². The number of halogens is 1. The van der Waals surface area contributed by atoms with E-state index in [9.17, 15) is 0 Å². The van der Waals surface area contributed by atoms with Crippen LogP contribution < -0.4 is 4.74 Å². The molecule has 96 valence electrons. The van der Waals surface area contributed by atoms with E-state index in [1.807, 2.05) is 42.8 Å². The molecule has 2 rings (SSSR count). The Balaban J connectivity index is 2.13. The fraction of sp³-hybridized carbons (Fsp3) is 0.357. The van der Waals surface area contributed by atoms with Crippen molar-refractivity contribution in [2.24, 2.45) is 0 Å². The quantitative estimate of drug-likeness (QED) is 0.841. The number of hydrogen-bond donors (Lipinski definition) is 0.